The molecule has 3 aromatic rings. The maximum atomic E-state index is 13.3. The second kappa shape index (κ2) is 8.60. The molecule has 1 N–H and O–H groups in total. The zero-order valence-electron chi connectivity index (χ0n) is 17.2. The molecule has 162 valence electrons. The molecule has 1 unspecified atom stereocenters. The van der Waals surface area contributed by atoms with Gasteiger partial charge in [-0.25, -0.2) is 0 Å². The monoisotopic (exact) mass is 460 g/mol. The Labute approximate surface area is 188 Å². The first-order chi connectivity index (χ1) is 14.9. The molecule has 0 radical (unpaired) electrons. The lowest BCUT2D eigenvalue weighted by Gasteiger charge is -2.32. The van der Waals surface area contributed by atoms with E-state index in [1.165, 1.54) is 18.4 Å². The van der Waals surface area contributed by atoms with Crippen LogP contribution >= 0.6 is 22.9 Å². The van der Waals surface area contributed by atoms with Gasteiger partial charge in [-0.2, -0.15) is 5.10 Å². The van der Waals surface area contributed by atoms with Gasteiger partial charge in [-0.05, 0) is 36.1 Å². The van der Waals surface area contributed by atoms with E-state index in [4.69, 9.17) is 21.1 Å². The molecule has 0 fully saturated rings. The zero-order chi connectivity index (χ0) is 22.1. The van der Waals surface area contributed by atoms with Crippen LogP contribution in [0, 0.1) is 0 Å². The highest BCUT2D eigenvalue weighted by Gasteiger charge is 2.34. The van der Waals surface area contributed by atoms with Gasteiger partial charge in [0.25, 0.3) is 11.8 Å². The number of methoxy groups -OCH3 is 2. The third-order valence-corrected chi connectivity index (χ3v) is 6.57. The molecule has 1 atom stereocenters. The van der Waals surface area contributed by atoms with Gasteiger partial charge in [0.2, 0.25) is 0 Å². The van der Waals surface area contributed by atoms with Crippen molar-refractivity contribution in [3.8, 4) is 11.5 Å². The number of fused-ring (bicyclic) bond motifs is 1. The zero-order valence-corrected chi connectivity index (χ0v) is 18.8. The highest BCUT2D eigenvalue weighted by atomic mass is 35.5. The number of ether oxygens (including phenoxy) is 2. The van der Waals surface area contributed by atoms with E-state index in [2.05, 4.69) is 10.4 Å². The average molecular weight is 461 g/mol. The molecule has 0 bridgehead atoms. The summed E-state index contributed by atoms with van der Waals surface area (Å²) in [4.78, 5) is 28.1. The van der Waals surface area contributed by atoms with Crippen molar-refractivity contribution in [1.82, 2.24) is 15.1 Å². The van der Waals surface area contributed by atoms with Crippen LogP contribution in [0.5, 0.6) is 11.5 Å². The molecule has 0 aliphatic carbocycles. The molecule has 2 aromatic heterocycles. The second-order valence-electron chi connectivity index (χ2n) is 6.98. The van der Waals surface area contributed by atoms with Crippen molar-refractivity contribution in [2.75, 3.05) is 25.7 Å². The smallest absolute Gasteiger partial charge is 0.263 e. The SMILES string of the molecule is COc1ccc(C(=O)N2CCC(NC(=O)c3sccc3Cl)c3c2cnn3C)cc1OC. The van der Waals surface area contributed by atoms with E-state index in [0.29, 0.717) is 45.6 Å². The number of amides is 2. The average Bonchev–Trinajstić information content (AvgIpc) is 3.39. The normalized spacial score (nSPS) is 15.4. The van der Waals surface area contributed by atoms with E-state index >= 15 is 0 Å². The Morgan fingerprint density at radius 3 is 2.68 bits per heavy atom. The number of hydrogen-bond acceptors (Lipinski definition) is 6. The third kappa shape index (κ3) is 3.86. The molecule has 0 saturated carbocycles. The number of halogens is 1. The van der Waals surface area contributed by atoms with Gasteiger partial charge < -0.3 is 19.7 Å². The van der Waals surface area contributed by atoms with Crippen LogP contribution in [0.4, 0.5) is 5.69 Å². The minimum Gasteiger partial charge on any atom is -0.493 e. The Morgan fingerprint density at radius 1 is 1.23 bits per heavy atom. The number of rotatable bonds is 5. The number of benzene rings is 1. The van der Waals surface area contributed by atoms with Crippen molar-refractivity contribution in [3.63, 3.8) is 0 Å². The number of nitrogens with zero attached hydrogens (tertiary/aromatic N) is 3. The highest BCUT2D eigenvalue weighted by molar-refractivity contribution is 7.12. The lowest BCUT2D eigenvalue weighted by molar-refractivity contribution is 0.0935. The maximum absolute atomic E-state index is 13.3. The first-order valence-electron chi connectivity index (χ1n) is 9.54. The molecule has 0 spiro atoms. The van der Waals surface area contributed by atoms with Gasteiger partial charge >= 0.3 is 0 Å². The van der Waals surface area contributed by atoms with Crippen molar-refractivity contribution in [3.05, 3.63) is 57.0 Å². The summed E-state index contributed by atoms with van der Waals surface area (Å²) in [5.74, 6) is 0.614. The van der Waals surface area contributed by atoms with Crippen molar-refractivity contribution in [2.24, 2.45) is 7.05 Å². The highest BCUT2D eigenvalue weighted by Crippen LogP contribution is 2.36. The van der Waals surface area contributed by atoms with Crippen LogP contribution < -0.4 is 19.7 Å². The van der Waals surface area contributed by atoms with E-state index in [1.54, 1.807) is 59.6 Å². The number of hydrogen-bond donors (Lipinski definition) is 1. The quantitative estimate of drug-likeness (QED) is 0.627. The number of aryl methyl sites for hydroxylation is 1. The van der Waals surface area contributed by atoms with Crippen LogP contribution in [-0.4, -0.2) is 42.4 Å². The Morgan fingerprint density at radius 2 is 2.00 bits per heavy atom. The molecule has 1 aliphatic rings. The van der Waals surface area contributed by atoms with Crippen LogP contribution in [0.2, 0.25) is 5.02 Å². The fourth-order valence-electron chi connectivity index (χ4n) is 3.72. The van der Waals surface area contributed by atoms with Gasteiger partial charge in [-0.1, -0.05) is 11.6 Å². The Hall–Kier alpha value is -3.04. The van der Waals surface area contributed by atoms with E-state index in [1.807, 2.05) is 0 Å². The number of aromatic nitrogens is 2. The second-order valence-corrected chi connectivity index (χ2v) is 8.30. The van der Waals surface area contributed by atoms with Crippen LogP contribution in [0.3, 0.4) is 0 Å². The van der Waals surface area contributed by atoms with Crippen molar-refractivity contribution >= 4 is 40.4 Å². The number of anilines is 1. The summed E-state index contributed by atoms with van der Waals surface area (Å²) in [6.07, 6.45) is 2.19. The molecule has 1 aliphatic heterocycles. The minimum atomic E-state index is -0.289. The van der Waals surface area contributed by atoms with Crippen LogP contribution in [0.15, 0.2) is 35.8 Å². The van der Waals surface area contributed by atoms with Crippen LogP contribution in [-0.2, 0) is 7.05 Å². The maximum Gasteiger partial charge on any atom is 0.263 e. The molecule has 1 aromatic carbocycles. The summed E-state index contributed by atoms with van der Waals surface area (Å²) in [5, 5.41) is 9.56. The Bertz CT molecular complexity index is 1140. The predicted molar refractivity (Wildman–Crippen MR) is 119 cm³/mol. The van der Waals surface area contributed by atoms with Gasteiger partial charge in [0.05, 0.1) is 42.9 Å². The first-order valence-corrected chi connectivity index (χ1v) is 10.8. The molecule has 31 heavy (non-hydrogen) atoms. The number of nitrogens with one attached hydrogen (secondary N) is 1. The van der Waals surface area contributed by atoms with Crippen LogP contribution in [0.1, 0.15) is 38.2 Å². The molecule has 8 nitrogen and oxygen atoms in total. The summed E-state index contributed by atoms with van der Waals surface area (Å²) in [5.41, 5.74) is 1.90. The van der Waals surface area contributed by atoms with Crippen molar-refractivity contribution in [2.45, 2.75) is 12.5 Å². The van der Waals surface area contributed by atoms with Gasteiger partial charge in [0.15, 0.2) is 11.5 Å². The fraction of sp³-hybridized carbons (Fsp3) is 0.286. The largest absolute Gasteiger partial charge is 0.493 e. The molecule has 4 rings (SSSR count). The molecule has 2 amide bonds. The van der Waals surface area contributed by atoms with E-state index in [0.717, 1.165) is 5.69 Å². The topological polar surface area (TPSA) is 85.7 Å². The minimum absolute atomic E-state index is 0.179. The molecule has 0 saturated heterocycles. The van der Waals surface area contributed by atoms with Gasteiger partial charge in [-0.15, -0.1) is 11.3 Å². The van der Waals surface area contributed by atoms with E-state index in [-0.39, 0.29) is 17.9 Å². The van der Waals surface area contributed by atoms with Crippen molar-refractivity contribution in [1.29, 1.82) is 0 Å². The fourth-order valence-corrected chi connectivity index (χ4v) is 4.76. The van der Waals surface area contributed by atoms with Gasteiger partial charge in [0.1, 0.15) is 4.88 Å². The predicted octanol–water partition coefficient (Wildman–Crippen LogP) is 3.67. The standard InChI is InChI=1S/C21H21ClN4O4S/c1-25-18-14(24-20(27)19-13(22)7-9-31-19)6-8-26(15(18)11-23-25)21(28)12-4-5-16(29-2)17(10-12)30-3/h4-5,7,9-11,14H,6,8H2,1-3H3,(H,24,27). The van der Waals surface area contributed by atoms with Crippen molar-refractivity contribution < 1.29 is 19.1 Å². The summed E-state index contributed by atoms with van der Waals surface area (Å²) in [7, 11) is 4.86. The third-order valence-electron chi connectivity index (χ3n) is 5.23. The van der Waals surface area contributed by atoms with Gasteiger partial charge in [0, 0.05) is 19.2 Å². The molecule has 3 heterocycles. The summed E-state index contributed by atoms with van der Waals surface area (Å²) in [6, 6.07) is 6.47. The summed E-state index contributed by atoms with van der Waals surface area (Å²) < 4.78 is 12.3. The Balaban J connectivity index is 1.61. The lowest BCUT2D eigenvalue weighted by Crippen LogP contribution is -2.41. The lowest BCUT2D eigenvalue weighted by atomic mass is 10.0. The summed E-state index contributed by atoms with van der Waals surface area (Å²) >= 11 is 7.39. The van der Waals surface area contributed by atoms with Crippen LogP contribution in [0.25, 0.3) is 0 Å². The molecular weight excluding hydrogens is 440 g/mol. The number of thiophene rings is 1. The molecular formula is C21H21ClN4O4S. The molecule has 10 heteroatoms. The number of carbonyl (C=O) groups is 2. The summed E-state index contributed by atoms with van der Waals surface area (Å²) in [6.45, 7) is 0.426. The van der Waals surface area contributed by atoms with E-state index in [9.17, 15) is 9.59 Å². The number of carbonyl (C=O) groups excluding carboxylic acids is 2. The first kappa shape index (κ1) is 21.2. The van der Waals surface area contributed by atoms with E-state index < -0.39 is 0 Å². The van der Waals surface area contributed by atoms with Gasteiger partial charge in [-0.3, -0.25) is 14.3 Å². The Kier molecular flexibility index (Phi) is 5.88.